The first-order valence-electron chi connectivity index (χ1n) is 8.59. The number of carbonyl (C=O) groups is 1. The van der Waals surface area contributed by atoms with Crippen LogP contribution in [0.2, 0.25) is 0 Å². The second kappa shape index (κ2) is 7.94. The van der Waals surface area contributed by atoms with E-state index in [4.69, 9.17) is 0 Å². The summed E-state index contributed by atoms with van der Waals surface area (Å²) in [6.45, 7) is 1.70. The van der Waals surface area contributed by atoms with E-state index in [9.17, 15) is 9.90 Å². The Kier molecular flexibility index (Phi) is 5.46. The molecule has 1 amide bonds. The van der Waals surface area contributed by atoms with Crippen molar-refractivity contribution in [2.75, 3.05) is 0 Å². The molecule has 5 nitrogen and oxygen atoms in total. The number of amides is 1. The van der Waals surface area contributed by atoms with Crippen LogP contribution in [-0.4, -0.2) is 33.1 Å². The lowest BCUT2D eigenvalue weighted by Crippen LogP contribution is -2.42. The molecule has 0 saturated carbocycles. The summed E-state index contributed by atoms with van der Waals surface area (Å²) in [6, 6.07) is 14.4. The molecular weight excluding hydrogens is 314 g/mol. The number of imidazole rings is 1. The molecule has 0 aliphatic carbocycles. The molecule has 1 heterocycles. The van der Waals surface area contributed by atoms with Crippen LogP contribution in [0.5, 0.6) is 0 Å². The smallest absolute Gasteiger partial charge is 0.271 e. The van der Waals surface area contributed by atoms with Crippen LogP contribution in [0.15, 0.2) is 55.0 Å². The Hall–Kier alpha value is -2.66. The number of hydrogen-bond acceptors (Lipinski definition) is 3. The third-order valence-corrected chi connectivity index (χ3v) is 4.47. The van der Waals surface area contributed by atoms with E-state index in [-0.39, 0.29) is 11.9 Å². The summed E-state index contributed by atoms with van der Waals surface area (Å²) in [7, 11) is 0. The first-order valence-corrected chi connectivity index (χ1v) is 8.59. The number of hydrogen-bond donors (Lipinski definition) is 3. The fourth-order valence-electron chi connectivity index (χ4n) is 3.08. The van der Waals surface area contributed by atoms with Gasteiger partial charge in [0.2, 0.25) is 0 Å². The minimum atomic E-state index is -0.615. The fraction of sp³-hybridized carbons (Fsp3) is 0.300. The average Bonchev–Trinajstić information content (AvgIpc) is 3.15. The van der Waals surface area contributed by atoms with Gasteiger partial charge in [-0.2, -0.15) is 0 Å². The first-order chi connectivity index (χ1) is 12.1. The van der Waals surface area contributed by atoms with E-state index in [1.54, 1.807) is 13.1 Å². The first kappa shape index (κ1) is 17.2. The van der Waals surface area contributed by atoms with Gasteiger partial charge in [-0.1, -0.05) is 42.5 Å². The second-order valence-electron chi connectivity index (χ2n) is 6.31. The van der Waals surface area contributed by atoms with Crippen LogP contribution < -0.4 is 5.32 Å². The molecule has 1 aromatic heterocycles. The number of aliphatic hydroxyl groups is 1. The number of aliphatic hydroxyl groups excluding tert-OH is 1. The molecule has 3 aromatic rings. The second-order valence-corrected chi connectivity index (χ2v) is 6.31. The van der Waals surface area contributed by atoms with Crippen molar-refractivity contribution in [2.45, 2.75) is 38.3 Å². The maximum Gasteiger partial charge on any atom is 0.271 e. The van der Waals surface area contributed by atoms with Crippen molar-refractivity contribution in [3.63, 3.8) is 0 Å². The summed E-state index contributed by atoms with van der Waals surface area (Å²) in [4.78, 5) is 18.8. The Balaban J connectivity index is 1.61. The molecule has 2 aromatic carbocycles. The van der Waals surface area contributed by atoms with Gasteiger partial charge in [0.1, 0.15) is 5.69 Å². The Morgan fingerprint density at radius 3 is 2.80 bits per heavy atom. The highest BCUT2D eigenvalue weighted by molar-refractivity contribution is 5.92. The number of aromatic nitrogens is 2. The molecule has 0 aliphatic rings. The lowest BCUT2D eigenvalue weighted by molar-refractivity contribution is 0.0844. The van der Waals surface area contributed by atoms with E-state index in [0.29, 0.717) is 12.1 Å². The summed E-state index contributed by atoms with van der Waals surface area (Å²) >= 11 is 0. The summed E-state index contributed by atoms with van der Waals surface area (Å²) < 4.78 is 0. The predicted molar refractivity (Wildman–Crippen MR) is 98.4 cm³/mol. The number of H-pyrrole nitrogens is 1. The molecule has 5 heteroatoms. The number of benzene rings is 2. The molecule has 0 radical (unpaired) electrons. The SMILES string of the molecule is C[C@H](O)[C@@H](CCCc1cccc2ccccc12)NC(=O)c1c[nH]cn1. The molecular formula is C20H23N3O2. The zero-order valence-electron chi connectivity index (χ0n) is 14.3. The van der Waals surface area contributed by atoms with Crippen molar-refractivity contribution in [3.05, 3.63) is 66.2 Å². The van der Waals surface area contributed by atoms with Gasteiger partial charge in [0.15, 0.2) is 0 Å². The van der Waals surface area contributed by atoms with Gasteiger partial charge in [0, 0.05) is 6.20 Å². The van der Waals surface area contributed by atoms with E-state index in [0.717, 1.165) is 12.8 Å². The van der Waals surface area contributed by atoms with E-state index in [1.165, 1.54) is 22.7 Å². The van der Waals surface area contributed by atoms with Crippen LogP contribution in [0, 0.1) is 0 Å². The van der Waals surface area contributed by atoms with Gasteiger partial charge >= 0.3 is 0 Å². The van der Waals surface area contributed by atoms with E-state index >= 15 is 0 Å². The number of carbonyl (C=O) groups excluding carboxylic acids is 1. The Labute approximate surface area is 147 Å². The molecule has 3 N–H and O–H groups in total. The molecule has 0 bridgehead atoms. The summed E-state index contributed by atoms with van der Waals surface area (Å²) in [5.74, 6) is -0.266. The minimum absolute atomic E-state index is 0.266. The number of nitrogens with one attached hydrogen (secondary N) is 2. The highest BCUT2D eigenvalue weighted by Crippen LogP contribution is 2.20. The monoisotopic (exact) mass is 337 g/mol. The van der Waals surface area contributed by atoms with Crippen molar-refractivity contribution in [1.29, 1.82) is 0 Å². The van der Waals surface area contributed by atoms with Crippen LogP contribution >= 0.6 is 0 Å². The van der Waals surface area contributed by atoms with Gasteiger partial charge in [-0.05, 0) is 42.5 Å². The Morgan fingerprint density at radius 1 is 1.24 bits per heavy atom. The predicted octanol–water partition coefficient (Wildman–Crippen LogP) is 3.07. The largest absolute Gasteiger partial charge is 0.391 e. The third-order valence-electron chi connectivity index (χ3n) is 4.47. The minimum Gasteiger partial charge on any atom is -0.391 e. The highest BCUT2D eigenvalue weighted by atomic mass is 16.3. The van der Waals surface area contributed by atoms with Crippen molar-refractivity contribution < 1.29 is 9.90 Å². The number of fused-ring (bicyclic) bond motifs is 1. The van der Waals surface area contributed by atoms with Crippen molar-refractivity contribution in [2.24, 2.45) is 0 Å². The van der Waals surface area contributed by atoms with Crippen LogP contribution in [0.1, 0.15) is 35.8 Å². The van der Waals surface area contributed by atoms with Gasteiger partial charge in [0.05, 0.1) is 18.5 Å². The van der Waals surface area contributed by atoms with Crippen molar-refractivity contribution in [1.82, 2.24) is 15.3 Å². The summed E-state index contributed by atoms with van der Waals surface area (Å²) in [5, 5.41) is 15.4. The molecule has 3 rings (SSSR count). The lowest BCUT2D eigenvalue weighted by Gasteiger charge is -2.21. The van der Waals surface area contributed by atoms with E-state index in [1.807, 2.05) is 6.07 Å². The number of rotatable bonds is 7. The number of aromatic amines is 1. The molecule has 0 fully saturated rings. The normalized spacial score (nSPS) is 13.5. The van der Waals surface area contributed by atoms with E-state index in [2.05, 4.69) is 51.7 Å². The zero-order chi connectivity index (χ0) is 17.6. The van der Waals surface area contributed by atoms with Gasteiger partial charge in [-0.25, -0.2) is 4.98 Å². The maximum atomic E-state index is 12.1. The van der Waals surface area contributed by atoms with Crippen LogP contribution in [-0.2, 0) is 6.42 Å². The Morgan fingerprint density at radius 2 is 2.04 bits per heavy atom. The van der Waals surface area contributed by atoms with Gasteiger partial charge in [-0.3, -0.25) is 4.79 Å². The number of nitrogens with zero attached hydrogens (tertiary/aromatic N) is 1. The molecule has 2 atom stereocenters. The fourth-order valence-corrected chi connectivity index (χ4v) is 3.08. The molecule has 0 aliphatic heterocycles. The van der Waals surface area contributed by atoms with Crippen LogP contribution in [0.4, 0.5) is 0 Å². The van der Waals surface area contributed by atoms with Gasteiger partial charge in [-0.15, -0.1) is 0 Å². The lowest BCUT2D eigenvalue weighted by atomic mass is 9.97. The molecule has 0 spiro atoms. The topological polar surface area (TPSA) is 78.0 Å². The number of aryl methyl sites for hydroxylation is 1. The highest BCUT2D eigenvalue weighted by Gasteiger charge is 2.19. The quantitative estimate of drug-likeness (QED) is 0.620. The molecule has 25 heavy (non-hydrogen) atoms. The Bertz CT molecular complexity index is 823. The zero-order valence-corrected chi connectivity index (χ0v) is 14.3. The van der Waals surface area contributed by atoms with E-state index < -0.39 is 6.10 Å². The van der Waals surface area contributed by atoms with Gasteiger partial charge < -0.3 is 15.4 Å². The van der Waals surface area contributed by atoms with Crippen LogP contribution in [0.3, 0.4) is 0 Å². The summed E-state index contributed by atoms with van der Waals surface area (Å²) in [5.41, 5.74) is 1.63. The molecule has 130 valence electrons. The standard InChI is InChI=1S/C20H23N3O2/c1-14(24)18(23-20(25)19-12-21-13-22-19)11-5-9-16-8-4-7-15-6-2-3-10-17(15)16/h2-4,6-8,10,12-14,18,24H,5,9,11H2,1H3,(H,21,22)(H,23,25)/t14-,18+/m0/s1. The third kappa shape index (κ3) is 4.25. The molecule has 0 saturated heterocycles. The van der Waals surface area contributed by atoms with Crippen molar-refractivity contribution >= 4 is 16.7 Å². The summed E-state index contributed by atoms with van der Waals surface area (Å²) in [6.07, 6.45) is 4.89. The van der Waals surface area contributed by atoms with Crippen molar-refractivity contribution in [3.8, 4) is 0 Å². The molecule has 0 unspecified atom stereocenters. The van der Waals surface area contributed by atoms with Gasteiger partial charge in [0.25, 0.3) is 5.91 Å². The maximum absolute atomic E-state index is 12.1. The van der Waals surface area contributed by atoms with Crippen LogP contribution in [0.25, 0.3) is 10.8 Å². The average molecular weight is 337 g/mol.